The van der Waals surface area contributed by atoms with Gasteiger partial charge in [-0.05, 0) is 37.3 Å². The van der Waals surface area contributed by atoms with Gasteiger partial charge in [-0.3, -0.25) is 9.59 Å². The molecule has 0 radical (unpaired) electrons. The van der Waals surface area contributed by atoms with Crippen LogP contribution < -0.4 is 9.64 Å². The second-order valence-electron chi connectivity index (χ2n) is 5.91. The van der Waals surface area contributed by atoms with Crippen LogP contribution in [0.5, 0.6) is 5.75 Å². The molecule has 1 aliphatic heterocycles. The Morgan fingerprint density at radius 1 is 1.10 bits per heavy atom. The zero-order chi connectivity index (χ0) is 14.6. The van der Waals surface area contributed by atoms with Gasteiger partial charge in [0.15, 0.2) is 0 Å². The first-order valence-corrected chi connectivity index (χ1v) is 7.50. The lowest BCUT2D eigenvalue weighted by Gasteiger charge is -2.20. The number of rotatable bonds is 3. The molecule has 2 aliphatic carbocycles. The summed E-state index contributed by atoms with van der Waals surface area (Å²) in [6, 6.07) is 7.28. The Labute approximate surface area is 123 Å². The van der Waals surface area contributed by atoms with E-state index in [1.54, 1.807) is 12.1 Å². The van der Waals surface area contributed by atoms with Gasteiger partial charge in [0, 0.05) is 0 Å². The van der Waals surface area contributed by atoms with Crippen molar-refractivity contribution >= 4 is 17.5 Å². The third-order valence-electron chi connectivity index (χ3n) is 4.88. The third-order valence-corrected chi connectivity index (χ3v) is 4.88. The summed E-state index contributed by atoms with van der Waals surface area (Å²) in [6.45, 7) is 2.40. The van der Waals surface area contributed by atoms with Crippen LogP contribution in [0.4, 0.5) is 5.69 Å². The number of hydrogen-bond acceptors (Lipinski definition) is 3. The van der Waals surface area contributed by atoms with Gasteiger partial charge in [-0.25, -0.2) is 4.90 Å². The molecular formula is C17H17NO3. The Balaban J connectivity index is 1.75. The largest absolute Gasteiger partial charge is 0.492 e. The predicted octanol–water partition coefficient (Wildman–Crippen LogP) is 2.40. The van der Waals surface area contributed by atoms with Crippen molar-refractivity contribution in [1.82, 2.24) is 0 Å². The van der Waals surface area contributed by atoms with Gasteiger partial charge in [0.05, 0.1) is 24.1 Å². The smallest absolute Gasteiger partial charge is 0.238 e. The van der Waals surface area contributed by atoms with E-state index in [9.17, 15) is 9.59 Å². The van der Waals surface area contributed by atoms with Gasteiger partial charge in [0.1, 0.15) is 5.75 Å². The van der Waals surface area contributed by atoms with Crippen molar-refractivity contribution in [2.24, 2.45) is 23.7 Å². The second kappa shape index (κ2) is 4.45. The molecule has 1 saturated heterocycles. The molecule has 0 aromatic heterocycles. The van der Waals surface area contributed by atoms with Crippen LogP contribution in [0.15, 0.2) is 36.4 Å². The van der Waals surface area contributed by atoms with E-state index in [0.717, 1.165) is 6.42 Å². The van der Waals surface area contributed by atoms with Crippen molar-refractivity contribution in [3.63, 3.8) is 0 Å². The van der Waals surface area contributed by atoms with Gasteiger partial charge in [-0.1, -0.05) is 24.3 Å². The maximum Gasteiger partial charge on any atom is 0.238 e. The number of imide groups is 1. The Morgan fingerprint density at radius 3 is 2.33 bits per heavy atom. The molecule has 0 spiro atoms. The highest BCUT2D eigenvalue weighted by atomic mass is 16.5. The summed E-state index contributed by atoms with van der Waals surface area (Å²) in [4.78, 5) is 26.9. The molecule has 4 heteroatoms. The lowest BCUT2D eigenvalue weighted by molar-refractivity contribution is -0.123. The first-order valence-electron chi connectivity index (χ1n) is 7.50. The number of hydrogen-bond donors (Lipinski definition) is 0. The number of carbonyl (C=O) groups is 2. The highest BCUT2D eigenvalue weighted by Gasteiger charge is 2.59. The van der Waals surface area contributed by atoms with E-state index in [1.165, 1.54) is 4.90 Å². The van der Waals surface area contributed by atoms with E-state index in [4.69, 9.17) is 4.74 Å². The van der Waals surface area contributed by atoms with Crippen LogP contribution >= 0.6 is 0 Å². The number of anilines is 1. The van der Waals surface area contributed by atoms with Gasteiger partial charge >= 0.3 is 0 Å². The van der Waals surface area contributed by atoms with Crippen molar-refractivity contribution < 1.29 is 14.3 Å². The SMILES string of the molecule is CCOc1ccccc1N1C(=O)[C@@H]2[C@H](C1=O)[C@H]1C=C[C@H]2C1. The van der Waals surface area contributed by atoms with Crippen LogP contribution in [0, 0.1) is 23.7 Å². The fourth-order valence-corrected chi connectivity index (χ4v) is 4.06. The monoisotopic (exact) mass is 283 g/mol. The first kappa shape index (κ1) is 12.6. The first-order chi connectivity index (χ1) is 10.2. The standard InChI is InChI=1S/C17H17NO3/c1-2-21-13-6-4-3-5-12(13)18-16(19)14-10-7-8-11(9-10)15(14)17(18)20/h3-8,10-11,14-15H,2,9H2,1H3/t10-,11-,14-,15+/m0/s1. The van der Waals surface area contributed by atoms with E-state index in [-0.39, 0.29) is 35.5 Å². The van der Waals surface area contributed by atoms with Crippen molar-refractivity contribution in [2.45, 2.75) is 13.3 Å². The topological polar surface area (TPSA) is 46.6 Å². The zero-order valence-electron chi connectivity index (χ0n) is 11.9. The van der Waals surface area contributed by atoms with Crippen molar-refractivity contribution in [1.29, 1.82) is 0 Å². The molecule has 2 bridgehead atoms. The molecule has 1 aromatic carbocycles. The maximum atomic E-state index is 12.8. The molecule has 21 heavy (non-hydrogen) atoms. The summed E-state index contributed by atoms with van der Waals surface area (Å²) >= 11 is 0. The number of carbonyl (C=O) groups excluding carboxylic acids is 2. The molecule has 108 valence electrons. The molecule has 0 N–H and O–H groups in total. The normalized spacial score (nSPS) is 32.9. The zero-order valence-corrected chi connectivity index (χ0v) is 11.9. The van der Waals surface area contributed by atoms with Crippen LogP contribution in [0.25, 0.3) is 0 Å². The van der Waals surface area contributed by atoms with Crippen LogP contribution in [0.1, 0.15) is 13.3 Å². The molecule has 3 aliphatic rings. The summed E-state index contributed by atoms with van der Waals surface area (Å²) in [5.41, 5.74) is 0.586. The van der Waals surface area contributed by atoms with Crippen molar-refractivity contribution in [3.8, 4) is 5.75 Å². The maximum absolute atomic E-state index is 12.8. The lowest BCUT2D eigenvalue weighted by Crippen LogP contribution is -2.33. The average Bonchev–Trinajstić information content (AvgIpc) is 3.15. The van der Waals surface area contributed by atoms with Gasteiger partial charge in [0.25, 0.3) is 0 Å². The second-order valence-corrected chi connectivity index (χ2v) is 5.91. The summed E-state index contributed by atoms with van der Waals surface area (Å²) in [6.07, 6.45) is 5.16. The molecule has 4 nitrogen and oxygen atoms in total. The lowest BCUT2D eigenvalue weighted by atomic mass is 9.85. The number of allylic oxidation sites excluding steroid dienone is 2. The van der Waals surface area contributed by atoms with Crippen LogP contribution in [0.2, 0.25) is 0 Å². The summed E-state index contributed by atoms with van der Waals surface area (Å²) in [7, 11) is 0. The summed E-state index contributed by atoms with van der Waals surface area (Å²) < 4.78 is 5.58. The predicted molar refractivity (Wildman–Crippen MR) is 77.8 cm³/mol. The van der Waals surface area contributed by atoms with Crippen molar-refractivity contribution in [3.05, 3.63) is 36.4 Å². The molecule has 1 saturated carbocycles. The molecule has 4 atom stereocenters. The van der Waals surface area contributed by atoms with E-state index < -0.39 is 0 Å². The van der Waals surface area contributed by atoms with Gasteiger partial charge in [-0.2, -0.15) is 0 Å². The van der Waals surface area contributed by atoms with Crippen molar-refractivity contribution in [2.75, 3.05) is 11.5 Å². The molecule has 2 fully saturated rings. The Bertz CT molecular complexity index is 621. The molecule has 2 amide bonds. The van der Waals surface area contributed by atoms with Crippen LogP contribution in [-0.2, 0) is 9.59 Å². The number of benzene rings is 1. The van der Waals surface area contributed by atoms with E-state index in [0.29, 0.717) is 18.0 Å². The number of amides is 2. The quantitative estimate of drug-likeness (QED) is 0.632. The molecule has 0 unspecified atom stereocenters. The molecule has 1 aromatic rings. The summed E-state index contributed by atoms with van der Waals surface area (Å²) in [5.74, 6) is 0.621. The van der Waals surface area contributed by atoms with E-state index >= 15 is 0 Å². The van der Waals surface area contributed by atoms with Gasteiger partial charge in [-0.15, -0.1) is 0 Å². The molecular weight excluding hydrogens is 266 g/mol. The number of fused-ring (bicyclic) bond motifs is 5. The summed E-state index contributed by atoms with van der Waals surface area (Å²) in [5, 5.41) is 0. The highest BCUT2D eigenvalue weighted by molar-refractivity contribution is 6.23. The van der Waals surface area contributed by atoms with Crippen LogP contribution in [-0.4, -0.2) is 18.4 Å². The Hall–Kier alpha value is -2.10. The Kier molecular flexibility index (Phi) is 2.67. The fourth-order valence-electron chi connectivity index (χ4n) is 4.06. The van der Waals surface area contributed by atoms with E-state index in [2.05, 4.69) is 12.2 Å². The molecule has 4 rings (SSSR count). The van der Waals surface area contributed by atoms with Gasteiger partial charge < -0.3 is 4.74 Å². The number of para-hydroxylation sites is 2. The number of ether oxygens (including phenoxy) is 1. The minimum Gasteiger partial charge on any atom is -0.492 e. The minimum atomic E-state index is -0.165. The number of nitrogens with zero attached hydrogens (tertiary/aromatic N) is 1. The Morgan fingerprint density at radius 2 is 1.71 bits per heavy atom. The van der Waals surface area contributed by atoms with Crippen LogP contribution in [0.3, 0.4) is 0 Å². The fraction of sp³-hybridized carbons (Fsp3) is 0.412. The average molecular weight is 283 g/mol. The minimum absolute atomic E-state index is 0.0611. The molecule has 1 heterocycles. The van der Waals surface area contributed by atoms with E-state index in [1.807, 2.05) is 19.1 Å². The third kappa shape index (κ3) is 1.62. The highest BCUT2D eigenvalue weighted by Crippen LogP contribution is 2.53. The van der Waals surface area contributed by atoms with Gasteiger partial charge in [0.2, 0.25) is 11.8 Å².